The number of benzene rings is 2. The molecular weight excluding hydrogens is 375 g/mol. The molecule has 19 heavy (non-hydrogen) atoms. The summed E-state index contributed by atoms with van der Waals surface area (Å²) in [5.41, 5.74) is 1.50. The molecule has 0 aliphatic rings. The fourth-order valence-corrected chi connectivity index (χ4v) is 2.46. The summed E-state index contributed by atoms with van der Waals surface area (Å²) in [4.78, 5) is 12.0. The second-order valence-electron chi connectivity index (χ2n) is 4.18. The summed E-state index contributed by atoms with van der Waals surface area (Å²) in [5, 5.41) is 0. The van der Waals surface area contributed by atoms with Gasteiger partial charge in [-0.3, -0.25) is 4.79 Å². The van der Waals surface area contributed by atoms with E-state index in [1.165, 1.54) is 6.07 Å². The predicted octanol–water partition coefficient (Wildman–Crippen LogP) is 5.17. The highest BCUT2D eigenvalue weighted by molar-refractivity contribution is 9.10. The Morgan fingerprint density at radius 1 is 1.11 bits per heavy atom. The number of rotatable bonds is 4. The van der Waals surface area contributed by atoms with Crippen LogP contribution < -0.4 is 0 Å². The van der Waals surface area contributed by atoms with E-state index in [1.54, 1.807) is 12.1 Å². The van der Waals surface area contributed by atoms with Crippen LogP contribution in [-0.2, 0) is 6.42 Å². The number of Topliss-reactive ketones (excluding diaryl/α,β-unsaturated/α-hetero) is 1. The number of hydrogen-bond donors (Lipinski definition) is 0. The lowest BCUT2D eigenvalue weighted by molar-refractivity contribution is 0.0982. The van der Waals surface area contributed by atoms with Gasteiger partial charge in [0.05, 0.1) is 4.47 Å². The van der Waals surface area contributed by atoms with Crippen LogP contribution in [-0.4, -0.2) is 5.78 Å². The lowest BCUT2D eigenvalue weighted by Gasteiger charge is -2.03. The van der Waals surface area contributed by atoms with E-state index in [2.05, 4.69) is 31.9 Å². The summed E-state index contributed by atoms with van der Waals surface area (Å²) >= 11 is 6.46. The van der Waals surface area contributed by atoms with Gasteiger partial charge in [0.1, 0.15) is 5.82 Å². The zero-order chi connectivity index (χ0) is 13.8. The molecular formula is C15H11Br2FO. The quantitative estimate of drug-likeness (QED) is 0.664. The van der Waals surface area contributed by atoms with Crippen molar-refractivity contribution < 1.29 is 9.18 Å². The molecule has 0 aromatic heterocycles. The minimum atomic E-state index is -0.409. The molecule has 0 radical (unpaired) electrons. The van der Waals surface area contributed by atoms with Gasteiger partial charge in [0.25, 0.3) is 0 Å². The van der Waals surface area contributed by atoms with Crippen molar-refractivity contribution in [2.24, 2.45) is 0 Å². The molecule has 0 unspecified atom stereocenters. The summed E-state index contributed by atoms with van der Waals surface area (Å²) in [6.45, 7) is 0. The van der Waals surface area contributed by atoms with E-state index in [9.17, 15) is 9.18 Å². The Hall–Kier alpha value is -1.000. The number of aryl methyl sites for hydroxylation is 1. The summed E-state index contributed by atoms with van der Waals surface area (Å²) in [5.74, 6) is -0.459. The number of carbonyl (C=O) groups excluding carboxylic acids is 1. The highest BCUT2D eigenvalue weighted by Gasteiger charge is 2.09. The zero-order valence-electron chi connectivity index (χ0n) is 10.00. The fourth-order valence-electron chi connectivity index (χ4n) is 1.76. The highest BCUT2D eigenvalue weighted by Crippen LogP contribution is 2.18. The third-order valence-corrected chi connectivity index (χ3v) is 3.91. The van der Waals surface area contributed by atoms with Crippen molar-refractivity contribution in [2.75, 3.05) is 0 Å². The zero-order valence-corrected chi connectivity index (χ0v) is 13.2. The van der Waals surface area contributed by atoms with E-state index in [-0.39, 0.29) is 5.78 Å². The number of ketones is 1. The smallest absolute Gasteiger partial charge is 0.163 e. The lowest BCUT2D eigenvalue weighted by atomic mass is 10.0. The minimum absolute atomic E-state index is 0.0497. The van der Waals surface area contributed by atoms with Crippen molar-refractivity contribution in [3.63, 3.8) is 0 Å². The molecule has 0 atom stereocenters. The second-order valence-corrected chi connectivity index (χ2v) is 5.95. The van der Waals surface area contributed by atoms with E-state index in [1.807, 2.05) is 24.3 Å². The van der Waals surface area contributed by atoms with Crippen molar-refractivity contribution in [1.29, 1.82) is 0 Å². The SMILES string of the molecule is O=C(CCc1cccc(Br)c1)c1ccc(Br)c(F)c1. The minimum Gasteiger partial charge on any atom is -0.294 e. The van der Waals surface area contributed by atoms with Gasteiger partial charge in [0.2, 0.25) is 0 Å². The fraction of sp³-hybridized carbons (Fsp3) is 0.133. The van der Waals surface area contributed by atoms with Gasteiger partial charge in [0.15, 0.2) is 5.78 Å². The molecule has 0 aliphatic carbocycles. The largest absolute Gasteiger partial charge is 0.294 e. The van der Waals surface area contributed by atoms with Crippen LogP contribution in [0, 0.1) is 5.82 Å². The average molecular weight is 386 g/mol. The maximum atomic E-state index is 13.4. The molecule has 0 aliphatic heterocycles. The summed E-state index contributed by atoms with van der Waals surface area (Å²) in [6, 6.07) is 12.3. The van der Waals surface area contributed by atoms with Crippen LogP contribution in [0.2, 0.25) is 0 Å². The van der Waals surface area contributed by atoms with Crippen molar-refractivity contribution in [3.05, 3.63) is 68.4 Å². The Morgan fingerprint density at radius 3 is 2.58 bits per heavy atom. The summed E-state index contributed by atoms with van der Waals surface area (Å²) < 4.78 is 14.7. The molecule has 0 saturated heterocycles. The normalized spacial score (nSPS) is 10.5. The molecule has 2 aromatic carbocycles. The first-order chi connectivity index (χ1) is 9.06. The van der Waals surface area contributed by atoms with Gasteiger partial charge in [-0.25, -0.2) is 4.39 Å². The van der Waals surface area contributed by atoms with Crippen LogP contribution in [0.1, 0.15) is 22.3 Å². The Balaban J connectivity index is 2.03. The maximum absolute atomic E-state index is 13.4. The van der Waals surface area contributed by atoms with Gasteiger partial charge in [-0.05, 0) is 52.2 Å². The molecule has 2 aromatic rings. The maximum Gasteiger partial charge on any atom is 0.163 e. The molecule has 0 heterocycles. The molecule has 2 rings (SSSR count). The molecule has 1 nitrogen and oxygen atoms in total. The van der Waals surface area contributed by atoms with Gasteiger partial charge >= 0.3 is 0 Å². The number of hydrogen-bond acceptors (Lipinski definition) is 1. The van der Waals surface area contributed by atoms with Crippen molar-refractivity contribution >= 4 is 37.6 Å². The van der Waals surface area contributed by atoms with Gasteiger partial charge in [0, 0.05) is 16.5 Å². The van der Waals surface area contributed by atoms with Crippen LogP contribution >= 0.6 is 31.9 Å². The molecule has 0 N–H and O–H groups in total. The van der Waals surface area contributed by atoms with Gasteiger partial charge in [-0.15, -0.1) is 0 Å². The first-order valence-corrected chi connectivity index (χ1v) is 7.37. The first-order valence-electron chi connectivity index (χ1n) is 5.79. The van der Waals surface area contributed by atoms with Crippen LogP contribution in [0.5, 0.6) is 0 Å². The second kappa shape index (κ2) is 6.44. The average Bonchev–Trinajstić information content (AvgIpc) is 2.39. The lowest BCUT2D eigenvalue weighted by Crippen LogP contribution is -2.02. The predicted molar refractivity (Wildman–Crippen MR) is 80.9 cm³/mol. The monoisotopic (exact) mass is 384 g/mol. The molecule has 0 bridgehead atoms. The van der Waals surface area contributed by atoms with E-state index < -0.39 is 5.82 Å². The third kappa shape index (κ3) is 3.98. The van der Waals surface area contributed by atoms with Gasteiger partial charge in [-0.1, -0.05) is 34.1 Å². The summed E-state index contributed by atoms with van der Waals surface area (Å²) in [6.07, 6.45) is 1.02. The molecule has 98 valence electrons. The Bertz CT molecular complexity index is 611. The van der Waals surface area contributed by atoms with Crippen molar-refractivity contribution in [1.82, 2.24) is 0 Å². The topological polar surface area (TPSA) is 17.1 Å². The van der Waals surface area contributed by atoms with E-state index in [0.717, 1.165) is 10.0 Å². The van der Waals surface area contributed by atoms with Gasteiger partial charge < -0.3 is 0 Å². The van der Waals surface area contributed by atoms with E-state index in [4.69, 9.17) is 0 Å². The Labute approximate surface area is 128 Å². The van der Waals surface area contributed by atoms with E-state index in [0.29, 0.717) is 22.9 Å². The summed E-state index contributed by atoms with van der Waals surface area (Å²) in [7, 11) is 0. The van der Waals surface area contributed by atoms with Crippen molar-refractivity contribution in [3.8, 4) is 0 Å². The number of carbonyl (C=O) groups is 1. The highest BCUT2D eigenvalue weighted by atomic mass is 79.9. The Kier molecular flexibility index (Phi) is 4.88. The molecule has 0 fully saturated rings. The molecule has 0 saturated carbocycles. The first kappa shape index (κ1) is 14.4. The van der Waals surface area contributed by atoms with Crippen LogP contribution in [0.4, 0.5) is 4.39 Å². The van der Waals surface area contributed by atoms with Crippen LogP contribution in [0.25, 0.3) is 0 Å². The van der Waals surface area contributed by atoms with E-state index >= 15 is 0 Å². The van der Waals surface area contributed by atoms with Crippen LogP contribution in [0.3, 0.4) is 0 Å². The molecule has 0 amide bonds. The number of halogens is 3. The Morgan fingerprint density at radius 2 is 1.89 bits per heavy atom. The van der Waals surface area contributed by atoms with Crippen LogP contribution in [0.15, 0.2) is 51.4 Å². The molecule has 0 spiro atoms. The third-order valence-electron chi connectivity index (χ3n) is 2.77. The standard InChI is InChI=1S/C15H11Br2FO/c16-12-3-1-2-10(8-12)4-7-15(19)11-5-6-13(17)14(18)9-11/h1-3,5-6,8-9H,4,7H2. The molecule has 4 heteroatoms. The van der Waals surface area contributed by atoms with Crippen molar-refractivity contribution in [2.45, 2.75) is 12.8 Å². The van der Waals surface area contributed by atoms with Gasteiger partial charge in [-0.2, -0.15) is 0 Å².